The molecule has 8 heteroatoms. The highest BCUT2D eigenvalue weighted by Gasteiger charge is 2.65. The molecule has 1 saturated carbocycles. The molecular formula is C39H35NO7. The Morgan fingerprint density at radius 1 is 0.894 bits per heavy atom. The Balaban J connectivity index is 1.48. The number of aromatic hydroxyl groups is 1. The molecule has 3 aromatic rings. The number of phenolic OH excluding ortho intramolecular Hbond substituents is 1. The van der Waals surface area contributed by atoms with Crippen LogP contribution < -0.4 is 0 Å². The summed E-state index contributed by atoms with van der Waals surface area (Å²) >= 11 is 0. The van der Waals surface area contributed by atoms with Gasteiger partial charge in [0.1, 0.15) is 5.75 Å². The van der Waals surface area contributed by atoms with Crippen LogP contribution in [0.15, 0.2) is 90.5 Å². The number of carboxylic acids is 1. The number of imide groups is 1. The topological polar surface area (TPSA) is 129 Å². The van der Waals surface area contributed by atoms with Gasteiger partial charge in [0.15, 0.2) is 11.6 Å². The lowest BCUT2D eigenvalue weighted by molar-refractivity contribution is -0.142. The van der Waals surface area contributed by atoms with Crippen LogP contribution in [0.4, 0.5) is 0 Å². The van der Waals surface area contributed by atoms with E-state index in [4.69, 9.17) is 0 Å². The molecule has 4 aliphatic rings. The van der Waals surface area contributed by atoms with Crippen molar-refractivity contribution in [2.45, 2.75) is 44.4 Å². The predicted molar refractivity (Wildman–Crippen MR) is 173 cm³/mol. The van der Waals surface area contributed by atoms with Crippen molar-refractivity contribution >= 4 is 34.9 Å². The summed E-state index contributed by atoms with van der Waals surface area (Å²) in [5, 5.41) is 20.1. The van der Waals surface area contributed by atoms with E-state index in [0.717, 1.165) is 16.0 Å². The third-order valence-corrected chi connectivity index (χ3v) is 10.9. The summed E-state index contributed by atoms with van der Waals surface area (Å²) in [6.07, 6.45) is 3.55. The lowest BCUT2D eigenvalue weighted by Gasteiger charge is -2.55. The maximum atomic E-state index is 15.0. The van der Waals surface area contributed by atoms with Gasteiger partial charge in [-0.25, -0.2) is 0 Å². The first kappa shape index (κ1) is 30.5. The average molecular weight is 630 g/mol. The number of likely N-dealkylation sites (tertiary alicyclic amines) is 1. The first-order valence-electron chi connectivity index (χ1n) is 16.0. The van der Waals surface area contributed by atoms with Gasteiger partial charge in [0, 0.05) is 24.0 Å². The number of nitrogens with zero attached hydrogens (tertiary/aromatic N) is 1. The highest BCUT2D eigenvalue weighted by atomic mass is 16.4. The van der Waals surface area contributed by atoms with E-state index in [-0.39, 0.29) is 49.0 Å². The van der Waals surface area contributed by atoms with Gasteiger partial charge in [0.25, 0.3) is 0 Å². The fourth-order valence-electron chi connectivity index (χ4n) is 8.90. The fourth-order valence-corrected chi connectivity index (χ4v) is 8.90. The second kappa shape index (κ2) is 11.3. The molecule has 8 nitrogen and oxygen atoms in total. The van der Waals surface area contributed by atoms with Crippen molar-refractivity contribution in [2.24, 2.45) is 23.7 Å². The SMILES string of the molecule is Cc1cc([C@H]2C3=CC[C@@H]4C(=O)N(CCC(=O)O)C(=O)[C@@H]4[C@@H]3C[C@H]3C(=O)C(c4ccccc4)=CC(=O)[C@@]23c2ccccc2)cc(C)c1O. The monoisotopic (exact) mass is 629 g/mol. The molecule has 238 valence electrons. The van der Waals surface area contributed by atoms with Crippen molar-refractivity contribution in [3.63, 3.8) is 0 Å². The summed E-state index contributed by atoms with van der Waals surface area (Å²) in [5.74, 6) is -5.69. The van der Waals surface area contributed by atoms with E-state index in [2.05, 4.69) is 0 Å². The van der Waals surface area contributed by atoms with Gasteiger partial charge in [-0.05, 0) is 66.5 Å². The molecule has 1 aliphatic heterocycles. The van der Waals surface area contributed by atoms with Crippen LogP contribution in [0, 0.1) is 37.5 Å². The maximum Gasteiger partial charge on any atom is 0.305 e. The van der Waals surface area contributed by atoms with E-state index in [9.17, 15) is 29.4 Å². The number of hydrogen-bond acceptors (Lipinski definition) is 6. The first-order valence-corrected chi connectivity index (χ1v) is 16.0. The number of aliphatic carboxylic acids is 1. The molecule has 0 spiro atoms. The van der Waals surface area contributed by atoms with Crippen molar-refractivity contribution < 1.29 is 34.2 Å². The minimum Gasteiger partial charge on any atom is -0.507 e. The summed E-state index contributed by atoms with van der Waals surface area (Å²) in [7, 11) is 0. The Kier molecular flexibility index (Phi) is 7.34. The highest BCUT2D eigenvalue weighted by molar-refractivity contribution is 6.31. The number of benzene rings is 3. The third kappa shape index (κ3) is 4.53. The van der Waals surface area contributed by atoms with E-state index in [1.165, 1.54) is 6.08 Å². The summed E-state index contributed by atoms with van der Waals surface area (Å²) in [6, 6.07) is 22.2. The average Bonchev–Trinajstić information content (AvgIpc) is 3.32. The molecule has 7 rings (SSSR count). The van der Waals surface area contributed by atoms with Crippen molar-refractivity contribution in [2.75, 3.05) is 6.54 Å². The number of amides is 2. The Morgan fingerprint density at radius 3 is 2.17 bits per heavy atom. The number of hydrogen-bond donors (Lipinski definition) is 2. The van der Waals surface area contributed by atoms with Crippen molar-refractivity contribution in [1.82, 2.24) is 4.90 Å². The Morgan fingerprint density at radius 2 is 1.53 bits per heavy atom. The Labute approximate surface area is 272 Å². The maximum absolute atomic E-state index is 15.0. The normalized spacial score (nSPS) is 28.3. The molecule has 0 radical (unpaired) electrons. The third-order valence-electron chi connectivity index (χ3n) is 10.9. The first-order chi connectivity index (χ1) is 22.5. The van der Waals surface area contributed by atoms with E-state index in [1.54, 1.807) is 26.0 Å². The van der Waals surface area contributed by atoms with Crippen LogP contribution in [0.5, 0.6) is 5.75 Å². The van der Waals surface area contributed by atoms with Crippen molar-refractivity contribution in [3.05, 3.63) is 118 Å². The van der Waals surface area contributed by atoms with E-state index in [0.29, 0.717) is 27.8 Å². The predicted octanol–water partition coefficient (Wildman–Crippen LogP) is 5.31. The van der Waals surface area contributed by atoms with Crippen molar-refractivity contribution in [3.8, 4) is 5.75 Å². The number of ketones is 2. The van der Waals surface area contributed by atoms with Gasteiger partial charge in [-0.1, -0.05) is 84.4 Å². The summed E-state index contributed by atoms with van der Waals surface area (Å²) in [5.41, 5.74) is 3.12. The molecular weight excluding hydrogens is 594 g/mol. The van der Waals surface area contributed by atoms with Crippen LogP contribution in [-0.2, 0) is 29.4 Å². The van der Waals surface area contributed by atoms with Gasteiger partial charge in [-0.2, -0.15) is 0 Å². The number of phenols is 1. The summed E-state index contributed by atoms with van der Waals surface area (Å²) in [4.78, 5) is 70.0. The minimum absolute atomic E-state index is 0.145. The zero-order chi connectivity index (χ0) is 33.2. The molecule has 3 aromatic carbocycles. The fraction of sp³-hybridized carbons (Fsp3) is 0.308. The number of allylic oxidation sites excluding steroid dienone is 4. The van der Waals surface area contributed by atoms with Gasteiger partial charge in [0.05, 0.1) is 23.7 Å². The molecule has 2 amide bonds. The smallest absolute Gasteiger partial charge is 0.305 e. The van der Waals surface area contributed by atoms with Crippen molar-refractivity contribution in [1.29, 1.82) is 0 Å². The largest absolute Gasteiger partial charge is 0.507 e. The van der Waals surface area contributed by atoms with Gasteiger partial charge in [-0.15, -0.1) is 0 Å². The molecule has 2 N–H and O–H groups in total. The highest BCUT2D eigenvalue weighted by Crippen LogP contribution is 2.63. The number of carbonyl (C=O) groups excluding carboxylic acids is 4. The van der Waals surface area contributed by atoms with Gasteiger partial charge >= 0.3 is 5.97 Å². The van der Waals surface area contributed by atoms with E-state index < -0.39 is 46.9 Å². The van der Waals surface area contributed by atoms with Gasteiger partial charge < -0.3 is 10.2 Å². The number of carbonyl (C=O) groups is 5. The van der Waals surface area contributed by atoms with Crippen LogP contribution >= 0.6 is 0 Å². The Hall–Kier alpha value is -5.11. The molecule has 0 bridgehead atoms. The second-order valence-electron chi connectivity index (χ2n) is 13.3. The van der Waals surface area contributed by atoms with Crippen LogP contribution in [0.1, 0.15) is 53.0 Å². The molecule has 1 saturated heterocycles. The number of Topliss-reactive ketones (excluding diaryl/α,β-unsaturated/α-hetero) is 1. The van der Waals surface area contributed by atoms with E-state index >= 15 is 4.79 Å². The standard InChI is InChI=1S/C39H35NO7/c1-21-17-24(18-22(2)35(21)44)34-26-13-14-27-33(38(47)40(37(27)46)16-15-32(42)43)29(26)19-30-36(45)28(23-9-5-3-6-10-23)20-31(41)39(30,34)25-11-7-4-8-12-25/h3-13,17-18,20,27,29-30,33-34,44H,14-16,19H2,1-2H3,(H,42,43)/t27-,29+,30-,33-,34-,39-/m0/s1. The molecule has 6 atom stereocenters. The lowest BCUT2D eigenvalue weighted by Crippen LogP contribution is -2.58. The van der Waals surface area contributed by atoms with Crippen LogP contribution in [0.2, 0.25) is 0 Å². The summed E-state index contributed by atoms with van der Waals surface area (Å²) < 4.78 is 0. The number of carboxylic acid groups (broad SMARTS) is 1. The zero-order valence-electron chi connectivity index (χ0n) is 26.2. The Bertz CT molecular complexity index is 1890. The molecule has 3 aliphatic carbocycles. The molecule has 1 heterocycles. The number of aryl methyl sites for hydroxylation is 2. The quantitative estimate of drug-likeness (QED) is 0.279. The minimum atomic E-state index is -1.35. The summed E-state index contributed by atoms with van der Waals surface area (Å²) in [6.45, 7) is 3.38. The number of fused-ring (bicyclic) bond motifs is 4. The van der Waals surface area contributed by atoms with Crippen LogP contribution in [0.25, 0.3) is 5.57 Å². The van der Waals surface area contributed by atoms with E-state index in [1.807, 2.05) is 66.7 Å². The molecule has 0 aromatic heterocycles. The molecule has 2 fully saturated rings. The zero-order valence-corrected chi connectivity index (χ0v) is 26.2. The van der Waals surface area contributed by atoms with Gasteiger partial charge in [0.2, 0.25) is 11.8 Å². The van der Waals surface area contributed by atoms with Gasteiger partial charge in [-0.3, -0.25) is 28.9 Å². The van der Waals surface area contributed by atoms with Crippen LogP contribution in [0.3, 0.4) is 0 Å². The lowest BCUT2D eigenvalue weighted by atomic mass is 9.44. The second-order valence-corrected chi connectivity index (χ2v) is 13.3. The number of rotatable bonds is 6. The molecule has 47 heavy (non-hydrogen) atoms. The molecule has 0 unspecified atom stereocenters. The van der Waals surface area contributed by atoms with Crippen LogP contribution in [-0.4, -0.2) is 51.0 Å².